The number of anilines is 1. The van der Waals surface area contributed by atoms with Gasteiger partial charge in [0, 0.05) is 22.8 Å². The molecule has 1 aliphatic heterocycles. The Morgan fingerprint density at radius 1 is 1.31 bits per heavy atom. The van der Waals surface area contributed by atoms with Crippen molar-refractivity contribution in [1.29, 1.82) is 0 Å². The highest BCUT2D eigenvalue weighted by Gasteiger charge is 2.33. The number of hydrogen-bond donors (Lipinski definition) is 1. The molecule has 0 spiro atoms. The molecule has 0 saturated carbocycles. The first-order valence-corrected chi connectivity index (χ1v) is 9.61. The highest BCUT2D eigenvalue weighted by molar-refractivity contribution is 8.26. The molecule has 2 aromatic carbocycles. The number of amides is 2. The van der Waals surface area contributed by atoms with Crippen molar-refractivity contribution in [2.45, 2.75) is 0 Å². The zero-order valence-electron chi connectivity index (χ0n) is 14.5. The lowest BCUT2D eigenvalue weighted by Gasteiger charge is -2.17. The third kappa shape index (κ3) is 4.73. The maximum Gasteiger partial charge on any atom is 0.271 e. The molecule has 0 aliphatic carbocycles. The SMILES string of the molecule is O=C(CN1C(=O)/C(=C\c2ccccc2Cl)SC1=S)Nc1cc([N+](=O)[O-])ccc1[O-]. The monoisotopic (exact) mass is 448 g/mol. The first kappa shape index (κ1) is 20.8. The zero-order chi connectivity index (χ0) is 21.1. The Kier molecular flexibility index (Phi) is 6.16. The van der Waals surface area contributed by atoms with Crippen molar-refractivity contribution in [1.82, 2.24) is 4.90 Å². The van der Waals surface area contributed by atoms with Gasteiger partial charge >= 0.3 is 0 Å². The summed E-state index contributed by atoms with van der Waals surface area (Å²) in [6.07, 6.45) is 1.58. The molecule has 1 saturated heterocycles. The van der Waals surface area contributed by atoms with Crippen LogP contribution in [0.15, 0.2) is 47.4 Å². The fourth-order valence-corrected chi connectivity index (χ4v) is 3.87. The van der Waals surface area contributed by atoms with Gasteiger partial charge in [0.2, 0.25) is 5.91 Å². The molecule has 0 bridgehead atoms. The summed E-state index contributed by atoms with van der Waals surface area (Å²) in [7, 11) is 0. The van der Waals surface area contributed by atoms with Crippen LogP contribution in [0.4, 0.5) is 11.4 Å². The summed E-state index contributed by atoms with van der Waals surface area (Å²) >= 11 is 12.3. The highest BCUT2D eigenvalue weighted by Crippen LogP contribution is 2.34. The van der Waals surface area contributed by atoms with Gasteiger partial charge in [-0.1, -0.05) is 65.6 Å². The van der Waals surface area contributed by atoms with Crippen molar-refractivity contribution in [3.05, 3.63) is 68.1 Å². The van der Waals surface area contributed by atoms with Crippen LogP contribution >= 0.6 is 35.6 Å². The van der Waals surface area contributed by atoms with Crippen LogP contribution in [0.2, 0.25) is 5.02 Å². The molecule has 0 aromatic heterocycles. The van der Waals surface area contributed by atoms with Crippen LogP contribution in [0.5, 0.6) is 5.75 Å². The van der Waals surface area contributed by atoms with Gasteiger partial charge in [-0.15, -0.1) is 0 Å². The molecule has 1 heterocycles. The van der Waals surface area contributed by atoms with E-state index in [-0.39, 0.29) is 15.7 Å². The first-order valence-electron chi connectivity index (χ1n) is 8.01. The minimum absolute atomic E-state index is 0.171. The highest BCUT2D eigenvalue weighted by atomic mass is 35.5. The van der Waals surface area contributed by atoms with Crippen molar-refractivity contribution in [2.24, 2.45) is 0 Å². The lowest BCUT2D eigenvalue weighted by molar-refractivity contribution is -0.385. The van der Waals surface area contributed by atoms with Crippen LogP contribution in [0, 0.1) is 10.1 Å². The van der Waals surface area contributed by atoms with Gasteiger partial charge in [-0.05, 0) is 17.7 Å². The average Bonchev–Trinajstić information content (AvgIpc) is 2.92. The Morgan fingerprint density at radius 2 is 2.03 bits per heavy atom. The van der Waals surface area contributed by atoms with Gasteiger partial charge in [-0.25, -0.2) is 0 Å². The number of halogens is 1. The third-order valence-electron chi connectivity index (χ3n) is 3.82. The number of rotatable bonds is 5. The summed E-state index contributed by atoms with van der Waals surface area (Å²) in [6.45, 7) is -0.438. The number of nitrogens with one attached hydrogen (secondary N) is 1. The predicted molar refractivity (Wildman–Crippen MR) is 113 cm³/mol. The number of benzene rings is 2. The van der Waals surface area contributed by atoms with Crippen molar-refractivity contribution < 1.29 is 19.6 Å². The maximum atomic E-state index is 12.6. The van der Waals surface area contributed by atoms with E-state index in [9.17, 15) is 24.8 Å². The van der Waals surface area contributed by atoms with Gasteiger partial charge in [0.15, 0.2) is 0 Å². The van der Waals surface area contributed by atoms with E-state index in [4.69, 9.17) is 23.8 Å². The molecule has 0 radical (unpaired) electrons. The summed E-state index contributed by atoms with van der Waals surface area (Å²) in [5.74, 6) is -1.78. The Balaban J connectivity index is 1.74. The lowest BCUT2D eigenvalue weighted by atomic mass is 10.2. The van der Waals surface area contributed by atoms with E-state index in [1.165, 1.54) is 0 Å². The molecule has 0 unspecified atom stereocenters. The molecular weight excluding hydrogens is 438 g/mol. The molecule has 3 rings (SSSR count). The van der Waals surface area contributed by atoms with Crippen molar-refractivity contribution >= 4 is 69.2 Å². The molecule has 11 heteroatoms. The number of carbonyl (C=O) groups is 2. The molecule has 2 amide bonds. The summed E-state index contributed by atoms with van der Waals surface area (Å²) < 4.78 is 0.171. The van der Waals surface area contributed by atoms with Gasteiger partial charge in [0.1, 0.15) is 10.9 Å². The lowest BCUT2D eigenvalue weighted by Crippen LogP contribution is -2.36. The normalized spacial score (nSPS) is 15.1. The van der Waals surface area contributed by atoms with E-state index in [1.54, 1.807) is 30.3 Å². The van der Waals surface area contributed by atoms with Crippen LogP contribution < -0.4 is 10.4 Å². The van der Waals surface area contributed by atoms with E-state index in [0.29, 0.717) is 15.5 Å². The van der Waals surface area contributed by atoms with Gasteiger partial charge in [-0.3, -0.25) is 24.6 Å². The van der Waals surface area contributed by atoms with Crippen molar-refractivity contribution in [3.63, 3.8) is 0 Å². The Bertz CT molecular complexity index is 1070. The second kappa shape index (κ2) is 8.60. The van der Waals surface area contributed by atoms with E-state index >= 15 is 0 Å². The van der Waals surface area contributed by atoms with Crippen molar-refractivity contribution in [2.75, 3.05) is 11.9 Å². The van der Waals surface area contributed by atoms with Crippen LogP contribution in [0.25, 0.3) is 6.08 Å². The fourth-order valence-electron chi connectivity index (χ4n) is 2.43. The average molecular weight is 449 g/mol. The van der Waals surface area contributed by atoms with Crippen LogP contribution in [-0.4, -0.2) is 32.5 Å². The molecule has 8 nitrogen and oxygen atoms in total. The molecule has 29 heavy (non-hydrogen) atoms. The zero-order valence-corrected chi connectivity index (χ0v) is 16.8. The minimum Gasteiger partial charge on any atom is -0.871 e. The number of thiocarbonyl (C=S) groups is 1. The Hall–Kier alpha value is -2.95. The summed E-state index contributed by atoms with van der Waals surface area (Å²) in [5.41, 5.74) is 0.0427. The van der Waals surface area contributed by atoms with E-state index in [2.05, 4.69) is 5.32 Å². The van der Waals surface area contributed by atoms with Crippen LogP contribution in [0.3, 0.4) is 0 Å². The number of nitrogens with zero attached hydrogens (tertiary/aromatic N) is 2. The molecule has 0 atom stereocenters. The van der Waals surface area contributed by atoms with E-state index in [0.717, 1.165) is 34.9 Å². The Labute approximate surface area is 179 Å². The first-order chi connectivity index (χ1) is 13.8. The number of nitro benzene ring substituents is 1. The van der Waals surface area contributed by atoms with Crippen LogP contribution in [-0.2, 0) is 9.59 Å². The second-order valence-electron chi connectivity index (χ2n) is 5.78. The topological polar surface area (TPSA) is 116 Å². The number of nitro groups is 1. The minimum atomic E-state index is -0.710. The second-order valence-corrected chi connectivity index (χ2v) is 7.86. The standard InChI is InChI=1S/C18H12ClN3O5S2/c19-12-4-2-1-3-10(12)7-15-17(25)21(18(28)29-15)9-16(24)20-13-8-11(22(26)27)5-6-14(13)23/h1-8,23H,9H2,(H,20,24)/p-1/b15-7+. The van der Waals surface area contributed by atoms with E-state index in [1.807, 2.05) is 0 Å². The quantitative estimate of drug-likeness (QED) is 0.323. The molecule has 2 aromatic rings. The largest absolute Gasteiger partial charge is 0.871 e. The van der Waals surface area contributed by atoms with Crippen molar-refractivity contribution in [3.8, 4) is 5.75 Å². The molecule has 1 aliphatic rings. The summed E-state index contributed by atoms with van der Waals surface area (Å²) in [4.78, 5) is 36.4. The maximum absolute atomic E-state index is 12.6. The predicted octanol–water partition coefficient (Wildman–Crippen LogP) is 3.16. The van der Waals surface area contributed by atoms with E-state index < -0.39 is 29.0 Å². The van der Waals surface area contributed by atoms with Crippen LogP contribution in [0.1, 0.15) is 5.56 Å². The number of thioether (sulfide) groups is 1. The molecular formula is C18H11ClN3O5S2-. The number of carbonyl (C=O) groups excluding carboxylic acids is 2. The summed E-state index contributed by atoms with van der Waals surface area (Å²) in [5, 5.41) is 25.4. The third-order valence-corrected chi connectivity index (χ3v) is 5.54. The fraction of sp³-hybridized carbons (Fsp3) is 0.0556. The van der Waals surface area contributed by atoms with Gasteiger partial charge in [0.05, 0.1) is 9.83 Å². The smallest absolute Gasteiger partial charge is 0.271 e. The number of non-ortho nitro benzene ring substituents is 1. The Morgan fingerprint density at radius 3 is 2.72 bits per heavy atom. The number of hydrogen-bond acceptors (Lipinski definition) is 7. The molecule has 148 valence electrons. The molecule has 1 N–H and O–H groups in total. The molecule has 1 fully saturated rings. The summed E-state index contributed by atoms with van der Waals surface area (Å²) in [6, 6.07) is 9.93. The van der Waals surface area contributed by atoms with Gasteiger partial charge in [0.25, 0.3) is 11.6 Å². The van der Waals surface area contributed by atoms with Gasteiger partial charge in [-0.2, -0.15) is 0 Å². The van der Waals surface area contributed by atoms with Gasteiger partial charge < -0.3 is 10.4 Å².